The summed E-state index contributed by atoms with van der Waals surface area (Å²) < 4.78 is 0. The molecule has 1 heteroatoms. The average Bonchev–Trinajstić information content (AvgIpc) is 2.16. The van der Waals surface area contributed by atoms with Crippen LogP contribution in [-0.4, -0.2) is 6.04 Å². The maximum absolute atomic E-state index is 3.97. The molecule has 0 aromatic carbocycles. The number of hydrogen-bond acceptors (Lipinski definition) is 1. The third-order valence-corrected chi connectivity index (χ3v) is 2.49. The van der Waals surface area contributed by atoms with Crippen molar-refractivity contribution in [2.45, 2.75) is 51.5 Å². The lowest BCUT2D eigenvalue weighted by atomic mass is 9.95. The molecule has 1 saturated carbocycles. The zero-order valence-electron chi connectivity index (χ0n) is 8.53. The minimum absolute atomic E-state index is 0.667. The lowest BCUT2D eigenvalue weighted by Crippen LogP contribution is -2.29. The minimum Gasteiger partial charge on any atom is -0.385 e. The van der Waals surface area contributed by atoms with Crippen molar-refractivity contribution in [3.8, 4) is 11.8 Å². The first-order valence-corrected chi connectivity index (χ1v) is 5.17. The number of nitrogens with one attached hydrogen (secondary N) is 1. The molecular formula is C12H19N. The molecule has 0 bridgehead atoms. The molecule has 72 valence electrons. The van der Waals surface area contributed by atoms with E-state index in [1.54, 1.807) is 0 Å². The molecule has 0 saturated heterocycles. The van der Waals surface area contributed by atoms with Gasteiger partial charge in [0.15, 0.2) is 0 Å². The Bertz CT molecular complexity index is 213. The lowest BCUT2D eigenvalue weighted by molar-refractivity contribution is 0.395. The molecule has 1 fully saturated rings. The Hall–Kier alpha value is -0.900. The van der Waals surface area contributed by atoms with Crippen molar-refractivity contribution in [3.05, 3.63) is 12.3 Å². The number of rotatable bonds is 3. The molecule has 1 nitrogen and oxygen atoms in total. The number of hydrogen-bond donors (Lipinski definition) is 1. The molecule has 0 spiro atoms. The molecule has 1 aliphatic rings. The third kappa shape index (κ3) is 4.03. The summed E-state index contributed by atoms with van der Waals surface area (Å²) in [5.41, 5.74) is 1.08. The van der Waals surface area contributed by atoms with Gasteiger partial charge in [0, 0.05) is 18.2 Å². The van der Waals surface area contributed by atoms with Gasteiger partial charge in [-0.2, -0.15) is 0 Å². The van der Waals surface area contributed by atoms with E-state index in [-0.39, 0.29) is 0 Å². The van der Waals surface area contributed by atoms with Gasteiger partial charge in [0.05, 0.1) is 0 Å². The zero-order valence-corrected chi connectivity index (χ0v) is 8.53. The van der Waals surface area contributed by atoms with Gasteiger partial charge in [-0.15, -0.1) is 5.92 Å². The van der Waals surface area contributed by atoms with E-state index in [9.17, 15) is 0 Å². The molecule has 13 heavy (non-hydrogen) atoms. The van der Waals surface area contributed by atoms with Crippen LogP contribution in [0, 0.1) is 11.8 Å². The van der Waals surface area contributed by atoms with Gasteiger partial charge in [-0.05, 0) is 19.8 Å². The van der Waals surface area contributed by atoms with Crippen LogP contribution in [0.25, 0.3) is 0 Å². The lowest BCUT2D eigenvalue weighted by Gasteiger charge is -2.24. The van der Waals surface area contributed by atoms with Crippen molar-refractivity contribution in [2.24, 2.45) is 0 Å². The molecule has 1 rings (SSSR count). The highest BCUT2D eigenvalue weighted by Gasteiger charge is 2.12. The Morgan fingerprint density at radius 2 is 2.08 bits per heavy atom. The second-order valence-corrected chi connectivity index (χ2v) is 3.69. The second-order valence-electron chi connectivity index (χ2n) is 3.69. The van der Waals surface area contributed by atoms with E-state index in [4.69, 9.17) is 0 Å². The fourth-order valence-corrected chi connectivity index (χ4v) is 1.78. The van der Waals surface area contributed by atoms with Crippen LogP contribution in [0.15, 0.2) is 12.3 Å². The SMILES string of the molecule is C=C(CC#CC)NC1CCCCC1. The van der Waals surface area contributed by atoms with E-state index in [0.29, 0.717) is 6.04 Å². The van der Waals surface area contributed by atoms with E-state index < -0.39 is 0 Å². The van der Waals surface area contributed by atoms with E-state index in [0.717, 1.165) is 12.1 Å². The molecule has 0 aromatic rings. The fourth-order valence-electron chi connectivity index (χ4n) is 1.78. The normalized spacial score (nSPS) is 17.3. The smallest absolute Gasteiger partial charge is 0.0482 e. The first kappa shape index (κ1) is 10.2. The topological polar surface area (TPSA) is 12.0 Å². The highest BCUT2D eigenvalue weighted by atomic mass is 14.9. The van der Waals surface area contributed by atoms with E-state index in [2.05, 4.69) is 23.7 Å². The van der Waals surface area contributed by atoms with Crippen LogP contribution in [0.3, 0.4) is 0 Å². The Kier molecular flexibility index (Phi) is 4.46. The summed E-state index contributed by atoms with van der Waals surface area (Å²) in [5.74, 6) is 5.91. The standard InChI is InChI=1S/C12H19N/c1-3-4-8-11(2)13-12-9-6-5-7-10-12/h12-13H,2,5-10H2,1H3. The Balaban J connectivity index is 2.20. The Morgan fingerprint density at radius 3 is 2.69 bits per heavy atom. The summed E-state index contributed by atoms with van der Waals surface area (Å²) in [6.45, 7) is 5.84. The van der Waals surface area contributed by atoms with Crippen LogP contribution >= 0.6 is 0 Å². The molecule has 1 aliphatic carbocycles. The monoisotopic (exact) mass is 177 g/mol. The summed E-state index contributed by atoms with van der Waals surface area (Å²) >= 11 is 0. The van der Waals surface area contributed by atoms with Gasteiger partial charge >= 0.3 is 0 Å². The van der Waals surface area contributed by atoms with Crippen LogP contribution in [0.5, 0.6) is 0 Å². The predicted molar refractivity (Wildman–Crippen MR) is 57.2 cm³/mol. The number of allylic oxidation sites excluding steroid dienone is 1. The van der Waals surface area contributed by atoms with Crippen molar-refractivity contribution in [1.82, 2.24) is 5.32 Å². The highest BCUT2D eigenvalue weighted by Crippen LogP contribution is 2.18. The van der Waals surface area contributed by atoms with Gasteiger partial charge in [-0.1, -0.05) is 31.8 Å². The van der Waals surface area contributed by atoms with Crippen molar-refractivity contribution < 1.29 is 0 Å². The van der Waals surface area contributed by atoms with Crippen LogP contribution < -0.4 is 5.32 Å². The van der Waals surface area contributed by atoms with Crippen molar-refractivity contribution >= 4 is 0 Å². The van der Waals surface area contributed by atoms with Crippen LogP contribution in [0.1, 0.15) is 45.4 Å². The summed E-state index contributed by atoms with van der Waals surface area (Å²) in [4.78, 5) is 0. The zero-order chi connectivity index (χ0) is 9.52. The third-order valence-electron chi connectivity index (χ3n) is 2.49. The molecule has 0 amide bonds. The highest BCUT2D eigenvalue weighted by molar-refractivity contribution is 5.08. The van der Waals surface area contributed by atoms with Crippen LogP contribution in [0.2, 0.25) is 0 Å². The minimum atomic E-state index is 0.667. The molecule has 0 aromatic heterocycles. The van der Waals surface area contributed by atoms with Gasteiger partial charge in [0.2, 0.25) is 0 Å². The average molecular weight is 177 g/mol. The maximum atomic E-state index is 3.97. The molecule has 0 heterocycles. The van der Waals surface area contributed by atoms with Gasteiger partial charge in [0.25, 0.3) is 0 Å². The first-order chi connectivity index (χ1) is 6.33. The van der Waals surface area contributed by atoms with E-state index in [1.165, 1.54) is 32.1 Å². The fraction of sp³-hybridized carbons (Fsp3) is 0.667. The van der Waals surface area contributed by atoms with E-state index in [1.807, 2.05) is 6.92 Å². The van der Waals surface area contributed by atoms with Crippen molar-refractivity contribution in [3.63, 3.8) is 0 Å². The molecule has 0 unspecified atom stereocenters. The van der Waals surface area contributed by atoms with E-state index >= 15 is 0 Å². The van der Waals surface area contributed by atoms with Gasteiger partial charge in [-0.25, -0.2) is 0 Å². The molecule has 0 atom stereocenters. The van der Waals surface area contributed by atoms with Crippen LogP contribution in [-0.2, 0) is 0 Å². The largest absolute Gasteiger partial charge is 0.385 e. The summed E-state index contributed by atoms with van der Waals surface area (Å²) in [6, 6.07) is 0.667. The second kappa shape index (κ2) is 5.70. The van der Waals surface area contributed by atoms with Crippen molar-refractivity contribution in [1.29, 1.82) is 0 Å². The van der Waals surface area contributed by atoms with Gasteiger partial charge < -0.3 is 5.32 Å². The first-order valence-electron chi connectivity index (χ1n) is 5.17. The molecule has 0 aliphatic heterocycles. The van der Waals surface area contributed by atoms with Gasteiger partial charge in [-0.3, -0.25) is 0 Å². The summed E-state index contributed by atoms with van der Waals surface area (Å²) in [7, 11) is 0. The Labute approximate surface area is 81.6 Å². The molecular weight excluding hydrogens is 158 g/mol. The van der Waals surface area contributed by atoms with Crippen molar-refractivity contribution in [2.75, 3.05) is 0 Å². The summed E-state index contributed by atoms with van der Waals surface area (Å²) in [6.07, 6.45) is 7.54. The summed E-state index contributed by atoms with van der Waals surface area (Å²) in [5, 5.41) is 3.46. The van der Waals surface area contributed by atoms with Gasteiger partial charge in [0.1, 0.15) is 0 Å². The quantitative estimate of drug-likeness (QED) is 0.654. The predicted octanol–water partition coefficient (Wildman–Crippen LogP) is 2.84. The molecule has 1 N–H and O–H groups in total. The molecule has 0 radical (unpaired) electrons. The Morgan fingerprint density at radius 1 is 1.38 bits per heavy atom. The van der Waals surface area contributed by atoms with Crippen LogP contribution in [0.4, 0.5) is 0 Å². The maximum Gasteiger partial charge on any atom is 0.0482 e.